The third-order valence-electron chi connectivity index (χ3n) is 4.61. The summed E-state index contributed by atoms with van der Waals surface area (Å²) in [5, 5.41) is 3.76. The molecule has 1 unspecified atom stereocenters. The second-order valence-electron chi connectivity index (χ2n) is 6.76. The topological polar surface area (TPSA) is 12.0 Å². The Labute approximate surface area is 118 Å². The van der Waals surface area contributed by atoms with E-state index in [1.807, 2.05) is 0 Å². The fourth-order valence-electron chi connectivity index (χ4n) is 2.70. The third kappa shape index (κ3) is 3.82. The van der Waals surface area contributed by atoms with Gasteiger partial charge in [-0.15, -0.1) is 0 Å². The van der Waals surface area contributed by atoms with Gasteiger partial charge < -0.3 is 5.32 Å². The molecule has 1 aliphatic carbocycles. The molecule has 19 heavy (non-hydrogen) atoms. The fraction of sp³-hybridized carbons (Fsp3) is 0.667. The molecule has 1 aromatic rings. The molecule has 0 aromatic heterocycles. The van der Waals surface area contributed by atoms with Gasteiger partial charge in [-0.3, -0.25) is 0 Å². The second kappa shape index (κ2) is 6.09. The van der Waals surface area contributed by atoms with Crippen molar-refractivity contribution in [2.24, 2.45) is 5.41 Å². The maximum Gasteiger partial charge on any atom is 0.0161 e. The van der Waals surface area contributed by atoms with Crippen LogP contribution in [0.25, 0.3) is 0 Å². The lowest BCUT2D eigenvalue weighted by atomic mass is 9.91. The molecular weight excluding hydrogens is 230 g/mol. The van der Waals surface area contributed by atoms with Crippen molar-refractivity contribution in [3.63, 3.8) is 0 Å². The van der Waals surface area contributed by atoms with Gasteiger partial charge in [-0.25, -0.2) is 0 Å². The molecule has 1 saturated carbocycles. The lowest BCUT2D eigenvalue weighted by molar-refractivity contribution is 0.354. The number of hydrogen-bond acceptors (Lipinski definition) is 1. The highest BCUT2D eigenvalue weighted by molar-refractivity contribution is 5.26. The van der Waals surface area contributed by atoms with E-state index >= 15 is 0 Å². The Balaban J connectivity index is 2.00. The van der Waals surface area contributed by atoms with Gasteiger partial charge in [0.15, 0.2) is 0 Å². The van der Waals surface area contributed by atoms with Gasteiger partial charge in [-0.2, -0.15) is 0 Å². The van der Waals surface area contributed by atoms with Crippen molar-refractivity contribution < 1.29 is 0 Å². The van der Waals surface area contributed by atoms with Gasteiger partial charge in [0.1, 0.15) is 0 Å². The minimum atomic E-state index is 0.548. The lowest BCUT2D eigenvalue weighted by Crippen LogP contribution is -2.38. The minimum absolute atomic E-state index is 0.548. The van der Waals surface area contributed by atoms with Crippen LogP contribution in [-0.4, -0.2) is 12.6 Å². The van der Waals surface area contributed by atoms with E-state index in [1.165, 1.54) is 36.8 Å². The largest absolute Gasteiger partial charge is 0.313 e. The van der Waals surface area contributed by atoms with Crippen LogP contribution in [0.2, 0.25) is 0 Å². The maximum absolute atomic E-state index is 3.76. The average Bonchev–Trinajstić information content (AvgIpc) is 3.14. The van der Waals surface area contributed by atoms with Crippen molar-refractivity contribution >= 4 is 0 Å². The van der Waals surface area contributed by atoms with Crippen molar-refractivity contribution in [1.29, 1.82) is 0 Å². The molecule has 0 aliphatic heterocycles. The molecule has 2 rings (SSSR count). The first-order chi connectivity index (χ1) is 9.05. The van der Waals surface area contributed by atoms with Crippen LogP contribution in [0.15, 0.2) is 24.3 Å². The van der Waals surface area contributed by atoms with Gasteiger partial charge in [0.05, 0.1) is 0 Å². The number of benzene rings is 1. The van der Waals surface area contributed by atoms with Crippen LogP contribution >= 0.6 is 0 Å². The molecule has 0 amide bonds. The molecular formula is C18H29N. The van der Waals surface area contributed by atoms with Gasteiger partial charge >= 0.3 is 0 Å². The van der Waals surface area contributed by atoms with Crippen LogP contribution in [0.5, 0.6) is 0 Å². The third-order valence-corrected chi connectivity index (χ3v) is 4.61. The summed E-state index contributed by atoms with van der Waals surface area (Å²) >= 11 is 0. The minimum Gasteiger partial charge on any atom is -0.313 e. The SMILES string of the molecule is CCCNC(Cc1ccc(C(C)C)cc1)C1(C)CC1. The predicted octanol–water partition coefficient (Wildman–Crippen LogP) is 4.52. The van der Waals surface area contributed by atoms with Crippen molar-refractivity contribution in [2.75, 3.05) is 6.54 Å². The number of nitrogens with one attached hydrogen (secondary N) is 1. The summed E-state index contributed by atoms with van der Waals surface area (Å²) in [7, 11) is 0. The van der Waals surface area contributed by atoms with Crippen molar-refractivity contribution in [2.45, 2.75) is 65.3 Å². The van der Waals surface area contributed by atoms with Gasteiger partial charge in [0.25, 0.3) is 0 Å². The van der Waals surface area contributed by atoms with Crippen LogP contribution in [0, 0.1) is 5.41 Å². The average molecular weight is 259 g/mol. The molecule has 1 atom stereocenters. The Morgan fingerprint density at radius 3 is 2.26 bits per heavy atom. The van der Waals surface area contributed by atoms with Gasteiger partial charge in [0, 0.05) is 6.04 Å². The van der Waals surface area contributed by atoms with Gasteiger partial charge in [-0.05, 0) is 54.7 Å². The Hall–Kier alpha value is -0.820. The summed E-state index contributed by atoms with van der Waals surface area (Å²) in [5.41, 5.74) is 3.47. The summed E-state index contributed by atoms with van der Waals surface area (Å²) in [6.07, 6.45) is 5.17. The van der Waals surface area contributed by atoms with Crippen LogP contribution in [-0.2, 0) is 6.42 Å². The van der Waals surface area contributed by atoms with Crippen LogP contribution in [0.3, 0.4) is 0 Å². The zero-order valence-corrected chi connectivity index (χ0v) is 13.0. The normalized spacial score (nSPS) is 18.6. The second-order valence-corrected chi connectivity index (χ2v) is 6.76. The molecule has 1 aromatic carbocycles. The van der Waals surface area contributed by atoms with Crippen molar-refractivity contribution in [1.82, 2.24) is 5.32 Å². The Morgan fingerprint density at radius 2 is 1.79 bits per heavy atom. The maximum atomic E-state index is 3.76. The highest BCUT2D eigenvalue weighted by Gasteiger charge is 2.44. The van der Waals surface area contributed by atoms with E-state index in [2.05, 4.69) is 57.3 Å². The van der Waals surface area contributed by atoms with E-state index in [4.69, 9.17) is 0 Å². The first-order valence-corrected chi connectivity index (χ1v) is 7.87. The van der Waals surface area contributed by atoms with E-state index < -0.39 is 0 Å². The molecule has 106 valence electrons. The molecule has 0 spiro atoms. The van der Waals surface area contributed by atoms with E-state index in [9.17, 15) is 0 Å². The fourth-order valence-corrected chi connectivity index (χ4v) is 2.70. The zero-order chi connectivity index (χ0) is 13.9. The van der Waals surface area contributed by atoms with Crippen LogP contribution in [0.4, 0.5) is 0 Å². The Bertz CT molecular complexity index is 387. The van der Waals surface area contributed by atoms with E-state index in [1.54, 1.807) is 0 Å². The summed E-state index contributed by atoms with van der Waals surface area (Å²) in [4.78, 5) is 0. The molecule has 0 bridgehead atoms. The Kier molecular flexibility index (Phi) is 4.67. The van der Waals surface area contributed by atoms with Crippen LogP contribution in [0.1, 0.15) is 64.0 Å². The molecule has 1 fully saturated rings. The summed E-state index contributed by atoms with van der Waals surface area (Å²) in [6.45, 7) is 10.3. The monoisotopic (exact) mass is 259 g/mol. The van der Waals surface area contributed by atoms with Crippen LogP contribution < -0.4 is 5.32 Å². The van der Waals surface area contributed by atoms with Gasteiger partial charge in [0.2, 0.25) is 0 Å². The van der Waals surface area contributed by atoms with E-state index in [0.717, 1.165) is 6.54 Å². The standard InChI is InChI=1S/C18H29N/c1-5-12-19-17(18(4)10-11-18)13-15-6-8-16(9-7-15)14(2)3/h6-9,14,17,19H,5,10-13H2,1-4H3. The zero-order valence-electron chi connectivity index (χ0n) is 13.0. The van der Waals surface area contributed by atoms with Crippen molar-refractivity contribution in [3.8, 4) is 0 Å². The number of rotatable bonds is 7. The molecule has 1 heteroatoms. The molecule has 1 nitrogen and oxygen atoms in total. The Morgan fingerprint density at radius 1 is 1.16 bits per heavy atom. The van der Waals surface area contributed by atoms with E-state index in [-0.39, 0.29) is 0 Å². The molecule has 0 saturated heterocycles. The van der Waals surface area contributed by atoms with Crippen molar-refractivity contribution in [3.05, 3.63) is 35.4 Å². The molecule has 0 radical (unpaired) electrons. The molecule has 0 heterocycles. The highest BCUT2D eigenvalue weighted by Crippen LogP contribution is 2.48. The smallest absolute Gasteiger partial charge is 0.0161 e. The van der Waals surface area contributed by atoms with Gasteiger partial charge in [-0.1, -0.05) is 52.0 Å². The van der Waals surface area contributed by atoms with E-state index in [0.29, 0.717) is 17.4 Å². The molecule has 1 aliphatic rings. The summed E-state index contributed by atoms with van der Waals surface area (Å²) in [6, 6.07) is 9.89. The quantitative estimate of drug-likeness (QED) is 0.759. The molecule has 1 N–H and O–H groups in total. The number of hydrogen-bond donors (Lipinski definition) is 1. The first kappa shape index (κ1) is 14.6. The summed E-state index contributed by atoms with van der Waals surface area (Å²) < 4.78 is 0. The highest BCUT2D eigenvalue weighted by atomic mass is 14.9. The summed E-state index contributed by atoms with van der Waals surface area (Å²) in [5.74, 6) is 0.629. The lowest BCUT2D eigenvalue weighted by Gasteiger charge is -2.25. The predicted molar refractivity (Wildman–Crippen MR) is 83.7 cm³/mol. The first-order valence-electron chi connectivity index (χ1n) is 7.87.